The Hall–Kier alpha value is -1.96. The summed E-state index contributed by atoms with van der Waals surface area (Å²) in [5, 5.41) is 9.73. The van der Waals surface area contributed by atoms with Crippen molar-refractivity contribution in [3.8, 4) is 22.6 Å². The van der Waals surface area contributed by atoms with Crippen LogP contribution in [-0.2, 0) is 0 Å². The molecule has 0 aliphatic carbocycles. The Balaban J connectivity index is 0.000000399. The van der Waals surface area contributed by atoms with Gasteiger partial charge in [-0.1, -0.05) is 57.2 Å². The van der Waals surface area contributed by atoms with E-state index < -0.39 is 0 Å². The molecule has 0 radical (unpaired) electrons. The summed E-state index contributed by atoms with van der Waals surface area (Å²) >= 11 is 0. The third-order valence-corrected chi connectivity index (χ3v) is 2.30. The minimum atomic E-state index is 0.266. The third kappa shape index (κ3) is 4.66. The van der Waals surface area contributed by atoms with E-state index in [4.69, 9.17) is 4.74 Å². The summed E-state index contributed by atoms with van der Waals surface area (Å²) < 4.78 is 5.24. The maximum Gasteiger partial charge on any atom is 0.126 e. The molecule has 0 aromatic heterocycles. The number of rotatable bonds is 2. The Morgan fingerprint density at radius 3 is 1.84 bits per heavy atom. The van der Waals surface area contributed by atoms with Crippen molar-refractivity contribution >= 4 is 0 Å². The summed E-state index contributed by atoms with van der Waals surface area (Å²) in [5.74, 6) is 1.86. The van der Waals surface area contributed by atoms with Gasteiger partial charge in [0.15, 0.2) is 0 Å². The number of phenols is 1. The van der Waals surface area contributed by atoms with Crippen molar-refractivity contribution in [2.45, 2.75) is 20.8 Å². The Morgan fingerprint density at radius 1 is 0.842 bits per heavy atom. The molecule has 19 heavy (non-hydrogen) atoms. The average molecular weight is 258 g/mol. The zero-order valence-corrected chi connectivity index (χ0v) is 12.1. The molecule has 0 heterocycles. The molecule has 1 N–H and O–H groups in total. The first kappa shape index (κ1) is 15.1. The highest BCUT2D eigenvalue weighted by Crippen LogP contribution is 2.34. The Bertz CT molecular complexity index is 501. The summed E-state index contributed by atoms with van der Waals surface area (Å²) in [4.78, 5) is 0. The van der Waals surface area contributed by atoms with E-state index in [0.717, 1.165) is 22.8 Å². The Morgan fingerprint density at radius 2 is 1.32 bits per heavy atom. The molecule has 0 saturated heterocycles. The fourth-order valence-electron chi connectivity index (χ4n) is 1.57. The van der Waals surface area contributed by atoms with Gasteiger partial charge in [-0.2, -0.15) is 0 Å². The van der Waals surface area contributed by atoms with Gasteiger partial charge < -0.3 is 9.84 Å². The monoisotopic (exact) mass is 258 g/mol. The van der Waals surface area contributed by atoms with Gasteiger partial charge in [-0.05, 0) is 18.1 Å². The van der Waals surface area contributed by atoms with Gasteiger partial charge in [0, 0.05) is 11.1 Å². The van der Waals surface area contributed by atoms with Crippen LogP contribution in [0, 0.1) is 5.92 Å². The van der Waals surface area contributed by atoms with Gasteiger partial charge in [0.25, 0.3) is 0 Å². The molecule has 0 fully saturated rings. The minimum Gasteiger partial charge on any atom is -0.507 e. The predicted molar refractivity (Wildman–Crippen MR) is 80.6 cm³/mol. The predicted octanol–water partition coefficient (Wildman–Crippen LogP) is 4.73. The van der Waals surface area contributed by atoms with Crippen molar-refractivity contribution in [1.82, 2.24) is 0 Å². The molecule has 2 heteroatoms. The van der Waals surface area contributed by atoms with Crippen molar-refractivity contribution in [1.29, 1.82) is 0 Å². The summed E-state index contributed by atoms with van der Waals surface area (Å²) in [7, 11) is 1.62. The number of phenolic OH excluding ortho intramolecular Hbond substituents is 1. The fourth-order valence-corrected chi connectivity index (χ4v) is 1.57. The lowest BCUT2D eigenvalue weighted by atomic mass is 10.0. The van der Waals surface area contributed by atoms with Gasteiger partial charge in [0.1, 0.15) is 11.5 Å². The number of aromatic hydroxyl groups is 1. The number of hydrogen-bond donors (Lipinski definition) is 1. The maximum absolute atomic E-state index is 9.73. The average Bonchev–Trinajstić information content (AvgIpc) is 2.39. The molecule has 2 nitrogen and oxygen atoms in total. The van der Waals surface area contributed by atoms with E-state index in [2.05, 4.69) is 20.8 Å². The molecule has 0 unspecified atom stereocenters. The van der Waals surface area contributed by atoms with E-state index in [0.29, 0.717) is 0 Å². The first-order valence-corrected chi connectivity index (χ1v) is 6.47. The number of hydrogen-bond acceptors (Lipinski definition) is 2. The molecule has 2 rings (SSSR count). The van der Waals surface area contributed by atoms with Crippen LogP contribution in [0.2, 0.25) is 0 Å². The van der Waals surface area contributed by atoms with Gasteiger partial charge in [-0.3, -0.25) is 0 Å². The van der Waals surface area contributed by atoms with Gasteiger partial charge in [0.2, 0.25) is 0 Å². The van der Waals surface area contributed by atoms with Crippen LogP contribution in [0.3, 0.4) is 0 Å². The lowest BCUT2D eigenvalue weighted by Crippen LogP contribution is -1.87. The van der Waals surface area contributed by atoms with Gasteiger partial charge in [-0.15, -0.1) is 0 Å². The van der Waals surface area contributed by atoms with Gasteiger partial charge in [0.05, 0.1) is 7.11 Å². The van der Waals surface area contributed by atoms with Crippen molar-refractivity contribution in [3.63, 3.8) is 0 Å². The van der Waals surface area contributed by atoms with Crippen molar-refractivity contribution in [2.24, 2.45) is 5.92 Å². The molecular formula is C17H22O2. The standard InChI is InChI=1S/C13H12O2.C4H10/c1-15-13-9-5-3-7-11(13)10-6-2-4-8-12(10)14;1-4(2)3/h2-9,14H,1H3;4H,1-3H3. The van der Waals surface area contributed by atoms with Crippen LogP contribution in [0.4, 0.5) is 0 Å². The summed E-state index contributed by atoms with van der Waals surface area (Å²) in [5.41, 5.74) is 1.69. The Kier molecular flexibility index (Phi) is 5.94. The molecule has 0 bridgehead atoms. The van der Waals surface area contributed by atoms with Crippen LogP contribution in [0.25, 0.3) is 11.1 Å². The van der Waals surface area contributed by atoms with E-state index in [1.807, 2.05) is 36.4 Å². The van der Waals surface area contributed by atoms with E-state index in [9.17, 15) is 5.11 Å². The third-order valence-electron chi connectivity index (χ3n) is 2.30. The second-order valence-electron chi connectivity index (χ2n) is 4.95. The quantitative estimate of drug-likeness (QED) is 0.843. The number of para-hydroxylation sites is 2. The maximum atomic E-state index is 9.73. The highest BCUT2D eigenvalue weighted by molar-refractivity contribution is 5.75. The molecule has 102 valence electrons. The number of ether oxygens (including phenoxy) is 1. The van der Waals surface area contributed by atoms with E-state index in [1.54, 1.807) is 19.2 Å². The van der Waals surface area contributed by atoms with Crippen molar-refractivity contribution in [2.75, 3.05) is 7.11 Å². The lowest BCUT2D eigenvalue weighted by Gasteiger charge is -2.09. The van der Waals surface area contributed by atoms with Crippen LogP contribution in [0.1, 0.15) is 20.8 Å². The van der Waals surface area contributed by atoms with Crippen molar-refractivity contribution < 1.29 is 9.84 Å². The smallest absolute Gasteiger partial charge is 0.126 e. The molecule has 0 aliphatic rings. The summed E-state index contributed by atoms with van der Waals surface area (Å²) in [6, 6.07) is 14.9. The van der Waals surface area contributed by atoms with Crippen LogP contribution < -0.4 is 4.74 Å². The van der Waals surface area contributed by atoms with Crippen LogP contribution >= 0.6 is 0 Å². The first-order valence-electron chi connectivity index (χ1n) is 6.47. The molecule has 0 spiro atoms. The number of methoxy groups -OCH3 is 1. The molecule has 2 aromatic carbocycles. The van der Waals surface area contributed by atoms with Crippen LogP contribution in [-0.4, -0.2) is 12.2 Å². The van der Waals surface area contributed by atoms with Gasteiger partial charge in [-0.25, -0.2) is 0 Å². The molecule has 0 saturated carbocycles. The highest BCUT2D eigenvalue weighted by Gasteiger charge is 2.07. The zero-order valence-electron chi connectivity index (χ0n) is 12.1. The number of benzene rings is 2. The lowest BCUT2D eigenvalue weighted by molar-refractivity contribution is 0.415. The first-order chi connectivity index (χ1) is 9.06. The van der Waals surface area contributed by atoms with E-state index in [-0.39, 0.29) is 5.75 Å². The minimum absolute atomic E-state index is 0.266. The summed E-state index contributed by atoms with van der Waals surface area (Å²) in [6.07, 6.45) is 0. The fraction of sp³-hybridized carbons (Fsp3) is 0.294. The second kappa shape index (κ2) is 7.47. The largest absolute Gasteiger partial charge is 0.507 e. The Labute approximate surface area is 115 Å². The molecule has 2 aromatic rings. The van der Waals surface area contributed by atoms with Gasteiger partial charge >= 0.3 is 0 Å². The van der Waals surface area contributed by atoms with E-state index in [1.165, 1.54) is 0 Å². The molecule has 0 atom stereocenters. The van der Waals surface area contributed by atoms with E-state index >= 15 is 0 Å². The molecule has 0 amide bonds. The summed E-state index contributed by atoms with van der Waals surface area (Å²) in [6.45, 7) is 6.50. The zero-order chi connectivity index (χ0) is 14.3. The SMILES string of the molecule is CC(C)C.COc1ccccc1-c1ccccc1O. The second-order valence-corrected chi connectivity index (χ2v) is 4.95. The van der Waals surface area contributed by atoms with Crippen LogP contribution in [0.5, 0.6) is 11.5 Å². The topological polar surface area (TPSA) is 29.5 Å². The normalized spacial score (nSPS) is 9.74. The molecular weight excluding hydrogens is 236 g/mol. The van der Waals surface area contributed by atoms with Crippen molar-refractivity contribution in [3.05, 3.63) is 48.5 Å². The highest BCUT2D eigenvalue weighted by atomic mass is 16.5. The molecule has 0 aliphatic heterocycles. The van der Waals surface area contributed by atoms with Crippen LogP contribution in [0.15, 0.2) is 48.5 Å².